The van der Waals surface area contributed by atoms with Crippen LogP contribution in [0.2, 0.25) is 0 Å². The maximum absolute atomic E-state index is 12.4. The highest BCUT2D eigenvalue weighted by Gasteiger charge is 2.38. The van der Waals surface area contributed by atoms with E-state index in [0.717, 1.165) is 11.3 Å². The smallest absolute Gasteiger partial charge is 0.276 e. The van der Waals surface area contributed by atoms with Gasteiger partial charge in [0.1, 0.15) is 5.71 Å². The van der Waals surface area contributed by atoms with E-state index in [2.05, 4.69) is 5.16 Å². The number of carbonyl (C=O) groups excluding carboxylic acids is 1. The van der Waals surface area contributed by atoms with E-state index in [9.17, 15) is 4.79 Å². The van der Waals surface area contributed by atoms with E-state index in [1.54, 1.807) is 4.90 Å². The third kappa shape index (κ3) is 2.05. The van der Waals surface area contributed by atoms with Gasteiger partial charge in [-0.15, -0.1) is 0 Å². The minimum Gasteiger partial charge on any atom is -0.410 e. The van der Waals surface area contributed by atoms with E-state index in [1.807, 2.05) is 60.7 Å². The zero-order valence-electron chi connectivity index (χ0n) is 10.8. The van der Waals surface area contributed by atoms with Gasteiger partial charge in [-0.1, -0.05) is 53.7 Å². The highest BCUT2D eigenvalue weighted by atomic mass is 16.4. The Morgan fingerprint density at radius 2 is 1.60 bits per heavy atom. The first-order chi connectivity index (χ1) is 9.81. The lowest BCUT2D eigenvalue weighted by Crippen LogP contribution is -2.29. The van der Waals surface area contributed by atoms with Crippen molar-refractivity contribution in [3.63, 3.8) is 0 Å². The van der Waals surface area contributed by atoms with Gasteiger partial charge in [-0.3, -0.25) is 9.69 Å². The Balaban J connectivity index is 2.06. The molecule has 1 aliphatic rings. The van der Waals surface area contributed by atoms with Crippen LogP contribution in [0.25, 0.3) is 0 Å². The summed E-state index contributed by atoms with van der Waals surface area (Å²) in [6.07, 6.45) is 0.411. The molecule has 4 heteroatoms. The lowest BCUT2D eigenvalue weighted by molar-refractivity contribution is -0.112. The third-order valence-corrected chi connectivity index (χ3v) is 3.50. The number of hydrogen-bond acceptors (Lipinski definition) is 3. The van der Waals surface area contributed by atoms with Crippen molar-refractivity contribution in [2.45, 2.75) is 12.5 Å². The summed E-state index contributed by atoms with van der Waals surface area (Å²) >= 11 is 0. The topological polar surface area (TPSA) is 52.9 Å². The molecule has 0 bridgehead atoms. The Morgan fingerprint density at radius 1 is 1.00 bits per heavy atom. The molecule has 2 aromatic carbocycles. The molecule has 1 heterocycles. The Morgan fingerprint density at radius 3 is 2.20 bits per heavy atom. The van der Waals surface area contributed by atoms with E-state index in [-0.39, 0.29) is 17.7 Å². The number of anilines is 1. The van der Waals surface area contributed by atoms with Gasteiger partial charge in [-0.05, 0) is 17.7 Å². The van der Waals surface area contributed by atoms with Crippen LogP contribution in [0.15, 0.2) is 65.8 Å². The van der Waals surface area contributed by atoms with Crippen molar-refractivity contribution in [2.75, 3.05) is 4.90 Å². The van der Waals surface area contributed by atoms with Crippen LogP contribution in [0.1, 0.15) is 18.0 Å². The highest BCUT2D eigenvalue weighted by Crippen LogP contribution is 2.35. The first kappa shape index (κ1) is 12.4. The normalized spacial score (nSPS) is 20.6. The van der Waals surface area contributed by atoms with E-state index in [1.165, 1.54) is 0 Å². The fourth-order valence-electron chi connectivity index (χ4n) is 2.55. The Hall–Kier alpha value is -2.62. The van der Waals surface area contributed by atoms with Crippen molar-refractivity contribution >= 4 is 17.3 Å². The predicted octanol–water partition coefficient (Wildman–Crippen LogP) is 2.99. The van der Waals surface area contributed by atoms with E-state index in [0.29, 0.717) is 6.42 Å². The third-order valence-electron chi connectivity index (χ3n) is 3.50. The summed E-state index contributed by atoms with van der Waals surface area (Å²) in [5.74, 6) is -0.243. The van der Waals surface area contributed by atoms with Gasteiger partial charge in [0.25, 0.3) is 5.91 Å². The van der Waals surface area contributed by atoms with E-state index >= 15 is 0 Å². The average Bonchev–Trinajstić information content (AvgIpc) is 2.86. The highest BCUT2D eigenvalue weighted by molar-refractivity contribution is 6.46. The molecule has 0 aromatic heterocycles. The van der Waals surface area contributed by atoms with Crippen LogP contribution >= 0.6 is 0 Å². The summed E-state index contributed by atoms with van der Waals surface area (Å²) in [4.78, 5) is 14.0. The molecule has 1 aliphatic heterocycles. The van der Waals surface area contributed by atoms with Gasteiger partial charge in [0.2, 0.25) is 0 Å². The van der Waals surface area contributed by atoms with Crippen molar-refractivity contribution in [3.8, 4) is 0 Å². The number of hydrogen-bond donors (Lipinski definition) is 1. The number of para-hydroxylation sites is 1. The summed E-state index contributed by atoms with van der Waals surface area (Å²) in [5, 5.41) is 12.2. The second kappa shape index (κ2) is 5.17. The molecule has 1 atom stereocenters. The van der Waals surface area contributed by atoms with Crippen molar-refractivity contribution in [1.82, 2.24) is 0 Å². The molecule has 2 aromatic rings. The SMILES string of the molecule is O=C1/C(=N\O)CC(c2ccccc2)N1c1ccccc1. The monoisotopic (exact) mass is 266 g/mol. The van der Waals surface area contributed by atoms with Crippen molar-refractivity contribution in [2.24, 2.45) is 5.16 Å². The molecule has 1 fully saturated rings. The van der Waals surface area contributed by atoms with E-state index in [4.69, 9.17) is 5.21 Å². The summed E-state index contributed by atoms with van der Waals surface area (Å²) in [6, 6.07) is 19.1. The lowest BCUT2D eigenvalue weighted by atomic mass is 10.0. The largest absolute Gasteiger partial charge is 0.410 e. The Bertz CT molecular complexity index is 638. The van der Waals surface area contributed by atoms with Gasteiger partial charge < -0.3 is 5.21 Å². The minimum absolute atomic E-state index is 0.128. The van der Waals surface area contributed by atoms with Crippen LogP contribution in [0, 0.1) is 0 Å². The predicted molar refractivity (Wildman–Crippen MR) is 76.9 cm³/mol. The second-order valence-corrected chi connectivity index (χ2v) is 4.69. The van der Waals surface area contributed by atoms with Crippen LogP contribution in [-0.4, -0.2) is 16.8 Å². The van der Waals surface area contributed by atoms with Gasteiger partial charge in [0.15, 0.2) is 0 Å². The molecule has 20 heavy (non-hydrogen) atoms. The molecule has 0 radical (unpaired) electrons. The van der Waals surface area contributed by atoms with Crippen molar-refractivity contribution in [1.29, 1.82) is 0 Å². The fourth-order valence-corrected chi connectivity index (χ4v) is 2.55. The van der Waals surface area contributed by atoms with Crippen LogP contribution in [0.3, 0.4) is 0 Å². The molecule has 1 N–H and O–H groups in total. The van der Waals surface area contributed by atoms with Gasteiger partial charge in [-0.2, -0.15) is 0 Å². The first-order valence-corrected chi connectivity index (χ1v) is 6.45. The lowest BCUT2D eigenvalue weighted by Gasteiger charge is -2.24. The molecule has 1 saturated heterocycles. The minimum atomic E-state index is -0.243. The van der Waals surface area contributed by atoms with Gasteiger partial charge in [0, 0.05) is 12.1 Å². The molecule has 0 aliphatic carbocycles. The Kier molecular flexibility index (Phi) is 3.21. The zero-order valence-corrected chi connectivity index (χ0v) is 10.8. The van der Waals surface area contributed by atoms with Crippen LogP contribution in [0.5, 0.6) is 0 Å². The number of amides is 1. The number of carbonyl (C=O) groups is 1. The van der Waals surface area contributed by atoms with Crippen LogP contribution in [0.4, 0.5) is 5.69 Å². The molecular formula is C16H14N2O2. The summed E-state index contributed by atoms with van der Waals surface area (Å²) < 4.78 is 0. The molecule has 0 saturated carbocycles. The first-order valence-electron chi connectivity index (χ1n) is 6.45. The fraction of sp³-hybridized carbons (Fsp3) is 0.125. The zero-order chi connectivity index (χ0) is 13.9. The molecule has 1 amide bonds. The molecule has 4 nitrogen and oxygen atoms in total. The van der Waals surface area contributed by atoms with E-state index < -0.39 is 0 Å². The molecular weight excluding hydrogens is 252 g/mol. The van der Waals surface area contributed by atoms with Gasteiger partial charge >= 0.3 is 0 Å². The molecule has 0 spiro atoms. The van der Waals surface area contributed by atoms with Gasteiger partial charge in [-0.25, -0.2) is 0 Å². The number of nitrogens with zero attached hydrogens (tertiary/aromatic N) is 2. The Labute approximate surface area is 117 Å². The van der Waals surface area contributed by atoms with Crippen LogP contribution in [-0.2, 0) is 4.79 Å². The number of oxime groups is 1. The average molecular weight is 266 g/mol. The maximum Gasteiger partial charge on any atom is 0.276 e. The standard InChI is InChI=1S/C16H14N2O2/c19-16-14(17-20)11-15(12-7-3-1-4-8-12)18(16)13-9-5-2-6-10-13/h1-10,15,20H,11H2/b17-14-. The van der Waals surface area contributed by atoms with Gasteiger partial charge in [0.05, 0.1) is 6.04 Å². The van der Waals surface area contributed by atoms with Crippen LogP contribution < -0.4 is 4.90 Å². The molecule has 1 unspecified atom stereocenters. The summed E-state index contributed by atoms with van der Waals surface area (Å²) in [6.45, 7) is 0. The number of rotatable bonds is 2. The summed E-state index contributed by atoms with van der Waals surface area (Å²) in [7, 11) is 0. The van der Waals surface area contributed by atoms with Crippen molar-refractivity contribution in [3.05, 3.63) is 66.2 Å². The number of benzene rings is 2. The quantitative estimate of drug-likeness (QED) is 0.671. The second-order valence-electron chi connectivity index (χ2n) is 4.69. The molecule has 3 rings (SSSR count). The maximum atomic E-state index is 12.4. The van der Waals surface area contributed by atoms with Crippen molar-refractivity contribution < 1.29 is 10.0 Å². The molecule has 100 valence electrons. The summed E-state index contributed by atoms with van der Waals surface area (Å²) in [5.41, 5.74) is 2.04.